The molecule has 0 atom stereocenters. The van der Waals surface area contributed by atoms with Gasteiger partial charge in [-0.2, -0.15) is 5.10 Å². The van der Waals surface area contributed by atoms with E-state index in [4.69, 9.17) is 5.11 Å². The van der Waals surface area contributed by atoms with Crippen LogP contribution in [0.2, 0.25) is 0 Å². The van der Waals surface area contributed by atoms with Crippen LogP contribution in [0.3, 0.4) is 0 Å². The largest absolute Gasteiger partial charge is 0.396 e. The van der Waals surface area contributed by atoms with Crippen molar-refractivity contribution in [3.63, 3.8) is 0 Å². The zero-order valence-corrected chi connectivity index (χ0v) is 10.5. The van der Waals surface area contributed by atoms with Gasteiger partial charge in [-0.15, -0.1) is 0 Å². The first kappa shape index (κ1) is 11.7. The molecule has 1 saturated heterocycles. The Labute approximate surface area is 107 Å². The van der Waals surface area contributed by atoms with Crippen molar-refractivity contribution in [1.29, 1.82) is 0 Å². The number of aliphatic hydroxyl groups excluding tert-OH is 1. The van der Waals surface area contributed by atoms with Crippen LogP contribution in [0.1, 0.15) is 18.4 Å². The average Bonchev–Trinajstić information content (AvgIpc) is 2.89. The van der Waals surface area contributed by atoms with E-state index >= 15 is 0 Å². The molecule has 1 aliphatic rings. The molecule has 18 heavy (non-hydrogen) atoms. The van der Waals surface area contributed by atoms with E-state index < -0.39 is 0 Å². The molecular formula is C14H19N3O. The predicted octanol–water partition coefficient (Wildman–Crippen LogP) is 1.77. The first-order chi connectivity index (χ1) is 8.86. The number of fused-ring (bicyclic) bond motifs is 1. The lowest BCUT2D eigenvalue weighted by Crippen LogP contribution is -2.34. The number of hydrogen-bond acceptors (Lipinski definition) is 3. The Morgan fingerprint density at radius 1 is 1.33 bits per heavy atom. The van der Waals surface area contributed by atoms with Crippen molar-refractivity contribution in [1.82, 2.24) is 15.1 Å². The molecule has 0 amide bonds. The Morgan fingerprint density at radius 3 is 2.94 bits per heavy atom. The lowest BCUT2D eigenvalue weighted by atomic mass is 9.97. The van der Waals surface area contributed by atoms with Gasteiger partial charge in [-0.05, 0) is 37.4 Å². The number of piperidine rings is 1. The third kappa shape index (κ3) is 2.26. The highest BCUT2D eigenvalue weighted by atomic mass is 16.3. The number of aromatic nitrogens is 2. The number of aliphatic hydroxyl groups is 1. The maximum absolute atomic E-state index is 9.15. The number of aromatic amines is 1. The third-order valence-electron chi connectivity index (χ3n) is 3.92. The van der Waals surface area contributed by atoms with Gasteiger partial charge in [-0.1, -0.05) is 18.2 Å². The van der Waals surface area contributed by atoms with Gasteiger partial charge in [0.15, 0.2) is 0 Å². The molecule has 0 spiro atoms. The van der Waals surface area contributed by atoms with Gasteiger partial charge >= 0.3 is 0 Å². The van der Waals surface area contributed by atoms with Crippen molar-refractivity contribution < 1.29 is 5.11 Å². The molecule has 1 aromatic heterocycles. The number of rotatable bonds is 3. The standard InChI is InChI=1S/C14H19N3O/c18-10-11-4-6-17(7-5-11)9-13-3-1-2-12-8-15-16-14(12)13/h1-3,8,11,18H,4-7,9-10H2,(H,15,16). The Morgan fingerprint density at radius 2 is 2.17 bits per heavy atom. The fraction of sp³-hybridized carbons (Fsp3) is 0.500. The highest BCUT2D eigenvalue weighted by molar-refractivity contribution is 5.81. The molecule has 2 N–H and O–H groups in total. The summed E-state index contributed by atoms with van der Waals surface area (Å²) in [5.41, 5.74) is 2.47. The van der Waals surface area contributed by atoms with Crippen LogP contribution in [0.4, 0.5) is 0 Å². The summed E-state index contributed by atoms with van der Waals surface area (Å²) in [5.74, 6) is 0.504. The zero-order chi connectivity index (χ0) is 12.4. The molecule has 3 rings (SSSR count). The summed E-state index contributed by atoms with van der Waals surface area (Å²) in [6.45, 7) is 3.47. The van der Waals surface area contributed by atoms with Crippen LogP contribution in [0, 0.1) is 5.92 Å². The summed E-state index contributed by atoms with van der Waals surface area (Å²) in [6, 6.07) is 6.34. The SMILES string of the molecule is OCC1CCN(Cc2cccc3cn[nH]c23)CC1. The van der Waals surface area contributed by atoms with E-state index in [1.54, 1.807) is 0 Å². The van der Waals surface area contributed by atoms with Crippen molar-refractivity contribution in [2.45, 2.75) is 19.4 Å². The molecule has 4 heteroatoms. The third-order valence-corrected chi connectivity index (χ3v) is 3.92. The van der Waals surface area contributed by atoms with Crippen molar-refractivity contribution >= 4 is 10.9 Å². The van der Waals surface area contributed by atoms with E-state index in [2.05, 4.69) is 33.3 Å². The fourth-order valence-electron chi connectivity index (χ4n) is 2.73. The summed E-state index contributed by atoms with van der Waals surface area (Å²) in [7, 11) is 0. The van der Waals surface area contributed by atoms with Crippen molar-refractivity contribution in [3.05, 3.63) is 30.0 Å². The Kier molecular flexibility index (Phi) is 3.30. The number of nitrogens with one attached hydrogen (secondary N) is 1. The summed E-state index contributed by atoms with van der Waals surface area (Å²) in [5, 5.41) is 17.5. The first-order valence-corrected chi connectivity index (χ1v) is 6.61. The quantitative estimate of drug-likeness (QED) is 0.866. The van der Waals surface area contributed by atoms with E-state index in [9.17, 15) is 0 Å². The maximum Gasteiger partial charge on any atom is 0.0695 e. The second kappa shape index (κ2) is 5.08. The molecule has 1 aliphatic heterocycles. The smallest absolute Gasteiger partial charge is 0.0695 e. The van der Waals surface area contributed by atoms with Crippen LogP contribution in [0.25, 0.3) is 10.9 Å². The highest BCUT2D eigenvalue weighted by Crippen LogP contribution is 2.21. The molecule has 0 unspecified atom stereocenters. The van der Waals surface area contributed by atoms with Crippen molar-refractivity contribution in [3.8, 4) is 0 Å². The number of hydrogen-bond donors (Lipinski definition) is 2. The summed E-state index contributed by atoms with van der Waals surface area (Å²) in [6.07, 6.45) is 4.09. The maximum atomic E-state index is 9.15. The van der Waals surface area contributed by atoms with Crippen molar-refractivity contribution in [2.75, 3.05) is 19.7 Å². The number of H-pyrrole nitrogens is 1. The summed E-state index contributed by atoms with van der Waals surface area (Å²) >= 11 is 0. The van der Waals surface area contributed by atoms with Gasteiger partial charge < -0.3 is 5.11 Å². The molecule has 2 aromatic rings. The minimum Gasteiger partial charge on any atom is -0.396 e. The Bertz CT molecular complexity index is 514. The Hall–Kier alpha value is -1.39. The molecule has 0 bridgehead atoms. The van der Waals surface area contributed by atoms with Crippen LogP contribution < -0.4 is 0 Å². The van der Waals surface area contributed by atoms with Gasteiger partial charge in [0.05, 0.1) is 11.7 Å². The van der Waals surface area contributed by atoms with Gasteiger partial charge in [0, 0.05) is 18.5 Å². The zero-order valence-electron chi connectivity index (χ0n) is 10.5. The topological polar surface area (TPSA) is 52.1 Å². The lowest BCUT2D eigenvalue weighted by molar-refractivity contribution is 0.127. The molecule has 1 fully saturated rings. The highest BCUT2D eigenvalue weighted by Gasteiger charge is 2.19. The number of nitrogens with zero attached hydrogens (tertiary/aromatic N) is 2. The molecular weight excluding hydrogens is 226 g/mol. The van der Waals surface area contributed by atoms with E-state index in [1.165, 1.54) is 10.9 Å². The number of likely N-dealkylation sites (tertiary alicyclic amines) is 1. The molecule has 0 saturated carbocycles. The van der Waals surface area contributed by atoms with Crippen LogP contribution in [0.5, 0.6) is 0 Å². The predicted molar refractivity (Wildman–Crippen MR) is 71.2 cm³/mol. The number of benzene rings is 1. The molecule has 96 valence electrons. The van der Waals surface area contributed by atoms with Crippen LogP contribution >= 0.6 is 0 Å². The normalized spacial score (nSPS) is 18.5. The fourth-order valence-corrected chi connectivity index (χ4v) is 2.73. The van der Waals surface area contributed by atoms with Crippen LogP contribution in [-0.2, 0) is 6.54 Å². The average molecular weight is 245 g/mol. The van der Waals surface area contributed by atoms with E-state index in [-0.39, 0.29) is 0 Å². The molecule has 2 heterocycles. The second-order valence-electron chi connectivity index (χ2n) is 5.15. The van der Waals surface area contributed by atoms with Gasteiger partial charge in [0.2, 0.25) is 0 Å². The van der Waals surface area contributed by atoms with E-state index in [0.29, 0.717) is 12.5 Å². The lowest BCUT2D eigenvalue weighted by Gasteiger charge is -2.31. The molecule has 0 radical (unpaired) electrons. The first-order valence-electron chi connectivity index (χ1n) is 6.61. The second-order valence-corrected chi connectivity index (χ2v) is 5.15. The van der Waals surface area contributed by atoms with E-state index in [0.717, 1.165) is 38.0 Å². The monoisotopic (exact) mass is 245 g/mol. The van der Waals surface area contributed by atoms with Gasteiger partial charge in [-0.25, -0.2) is 0 Å². The summed E-state index contributed by atoms with van der Waals surface area (Å²) < 4.78 is 0. The minimum absolute atomic E-state index is 0.337. The van der Waals surface area contributed by atoms with Crippen LogP contribution in [-0.4, -0.2) is 39.9 Å². The minimum atomic E-state index is 0.337. The van der Waals surface area contributed by atoms with Crippen LogP contribution in [0.15, 0.2) is 24.4 Å². The van der Waals surface area contributed by atoms with E-state index in [1.807, 2.05) is 6.20 Å². The Balaban J connectivity index is 1.71. The summed E-state index contributed by atoms with van der Waals surface area (Å²) in [4.78, 5) is 2.46. The van der Waals surface area contributed by atoms with Gasteiger partial charge in [0.25, 0.3) is 0 Å². The number of para-hydroxylation sites is 1. The van der Waals surface area contributed by atoms with Gasteiger partial charge in [0.1, 0.15) is 0 Å². The molecule has 1 aromatic carbocycles. The van der Waals surface area contributed by atoms with Crippen molar-refractivity contribution in [2.24, 2.45) is 5.92 Å². The molecule has 4 nitrogen and oxygen atoms in total. The van der Waals surface area contributed by atoms with Gasteiger partial charge in [-0.3, -0.25) is 10.00 Å². The molecule has 0 aliphatic carbocycles.